The number of pyridine rings is 1. The van der Waals surface area contributed by atoms with Crippen LogP contribution >= 0.6 is 0 Å². The molecule has 0 aliphatic heterocycles. The van der Waals surface area contributed by atoms with Crippen LogP contribution in [-0.4, -0.2) is 4.98 Å². The highest BCUT2D eigenvalue weighted by molar-refractivity contribution is 5.60. The van der Waals surface area contributed by atoms with Gasteiger partial charge in [0.15, 0.2) is 0 Å². The fraction of sp³-hybridized carbons (Fsp3) is 0.476. The molecule has 2 bridgehead atoms. The van der Waals surface area contributed by atoms with Crippen molar-refractivity contribution in [2.45, 2.75) is 57.3 Å². The van der Waals surface area contributed by atoms with Gasteiger partial charge in [0.25, 0.3) is 0 Å². The van der Waals surface area contributed by atoms with Crippen LogP contribution in [0.1, 0.15) is 63.0 Å². The molecule has 2 aliphatic rings. The van der Waals surface area contributed by atoms with Crippen LogP contribution in [0, 0.1) is 5.92 Å². The summed E-state index contributed by atoms with van der Waals surface area (Å²) in [6.45, 7) is 4.48. The molecule has 0 unspecified atom stereocenters. The van der Waals surface area contributed by atoms with Crippen molar-refractivity contribution in [3.63, 3.8) is 0 Å². The number of benzene rings is 1. The second-order valence-electron chi connectivity index (χ2n) is 7.63. The molecule has 2 saturated carbocycles. The van der Waals surface area contributed by atoms with Crippen LogP contribution in [0.25, 0.3) is 11.3 Å². The second kappa shape index (κ2) is 5.22. The first-order chi connectivity index (χ1) is 10.7. The third-order valence-corrected chi connectivity index (χ3v) is 5.99. The van der Waals surface area contributed by atoms with Gasteiger partial charge in [0.2, 0.25) is 0 Å². The Morgan fingerprint density at radius 1 is 1.05 bits per heavy atom. The summed E-state index contributed by atoms with van der Waals surface area (Å²) >= 11 is 0. The number of aromatic nitrogens is 1. The van der Waals surface area contributed by atoms with Gasteiger partial charge in [-0.15, -0.1) is 0 Å². The zero-order chi connectivity index (χ0) is 15.2. The van der Waals surface area contributed by atoms with E-state index in [1.54, 1.807) is 0 Å². The monoisotopic (exact) mass is 291 g/mol. The fourth-order valence-electron chi connectivity index (χ4n) is 4.55. The van der Waals surface area contributed by atoms with E-state index in [-0.39, 0.29) is 0 Å². The molecule has 1 heterocycles. The number of fused-ring (bicyclic) bond motifs is 2. The first-order valence-electron chi connectivity index (χ1n) is 8.73. The highest BCUT2D eigenvalue weighted by atomic mass is 14.7. The van der Waals surface area contributed by atoms with Gasteiger partial charge in [-0.1, -0.05) is 38.1 Å². The topological polar surface area (TPSA) is 12.9 Å². The van der Waals surface area contributed by atoms with Gasteiger partial charge in [0, 0.05) is 11.8 Å². The largest absolute Gasteiger partial charge is 0.256 e. The van der Waals surface area contributed by atoms with Crippen LogP contribution in [-0.2, 0) is 5.41 Å². The number of nitrogens with zero attached hydrogens (tertiary/aromatic N) is 1. The Labute approximate surface area is 133 Å². The van der Waals surface area contributed by atoms with Crippen LogP contribution in [0.3, 0.4) is 0 Å². The molecule has 0 spiro atoms. The standard InChI is InChI=1S/C21H25N/c1-15(2)17-3-5-18(6-4-17)20-13-19(9-12-22-20)21-10-7-16(14-21)8-11-21/h3-6,9,12-13,15-16H,7-8,10-11,14H2,1-2H3. The van der Waals surface area contributed by atoms with Crippen molar-refractivity contribution in [1.82, 2.24) is 4.98 Å². The van der Waals surface area contributed by atoms with Crippen LogP contribution in [0.4, 0.5) is 0 Å². The van der Waals surface area contributed by atoms with E-state index >= 15 is 0 Å². The lowest BCUT2D eigenvalue weighted by atomic mass is 9.78. The van der Waals surface area contributed by atoms with Gasteiger partial charge >= 0.3 is 0 Å². The van der Waals surface area contributed by atoms with Crippen molar-refractivity contribution in [3.8, 4) is 11.3 Å². The maximum Gasteiger partial charge on any atom is 0.0704 e. The summed E-state index contributed by atoms with van der Waals surface area (Å²) in [6.07, 6.45) is 9.05. The zero-order valence-corrected chi connectivity index (χ0v) is 13.7. The molecule has 2 aromatic rings. The zero-order valence-electron chi connectivity index (χ0n) is 13.7. The number of hydrogen-bond acceptors (Lipinski definition) is 1. The smallest absolute Gasteiger partial charge is 0.0704 e. The Morgan fingerprint density at radius 2 is 1.77 bits per heavy atom. The van der Waals surface area contributed by atoms with E-state index in [1.807, 2.05) is 6.20 Å². The summed E-state index contributed by atoms with van der Waals surface area (Å²) in [7, 11) is 0. The van der Waals surface area contributed by atoms with Crippen molar-refractivity contribution in [2.24, 2.45) is 5.92 Å². The normalized spacial score (nSPS) is 26.8. The number of hydrogen-bond donors (Lipinski definition) is 0. The number of rotatable bonds is 3. The Hall–Kier alpha value is -1.63. The molecule has 0 amide bonds. The van der Waals surface area contributed by atoms with Crippen LogP contribution < -0.4 is 0 Å². The minimum atomic E-state index is 0.472. The summed E-state index contributed by atoms with van der Waals surface area (Å²) in [6, 6.07) is 13.6. The Bertz CT molecular complexity index is 661. The molecular weight excluding hydrogens is 266 g/mol. The Balaban J connectivity index is 1.67. The van der Waals surface area contributed by atoms with Gasteiger partial charge < -0.3 is 0 Å². The predicted molar refractivity (Wildman–Crippen MR) is 92.0 cm³/mol. The molecule has 2 fully saturated rings. The highest BCUT2D eigenvalue weighted by Crippen LogP contribution is 2.55. The third-order valence-electron chi connectivity index (χ3n) is 5.99. The van der Waals surface area contributed by atoms with Gasteiger partial charge in [-0.2, -0.15) is 0 Å². The second-order valence-corrected chi connectivity index (χ2v) is 7.63. The molecular formula is C21H25N. The minimum Gasteiger partial charge on any atom is -0.256 e. The summed E-state index contributed by atoms with van der Waals surface area (Å²) in [4.78, 5) is 4.63. The maximum absolute atomic E-state index is 4.63. The Morgan fingerprint density at radius 3 is 2.36 bits per heavy atom. The lowest BCUT2D eigenvalue weighted by Crippen LogP contribution is -2.19. The first kappa shape index (κ1) is 14.0. The maximum atomic E-state index is 4.63. The van der Waals surface area contributed by atoms with E-state index in [0.717, 1.165) is 11.6 Å². The van der Waals surface area contributed by atoms with Crippen molar-refractivity contribution in [1.29, 1.82) is 0 Å². The van der Waals surface area contributed by atoms with E-state index in [9.17, 15) is 0 Å². The summed E-state index contributed by atoms with van der Waals surface area (Å²) < 4.78 is 0. The molecule has 2 aliphatic carbocycles. The van der Waals surface area contributed by atoms with Crippen LogP contribution in [0.15, 0.2) is 42.6 Å². The van der Waals surface area contributed by atoms with Crippen molar-refractivity contribution >= 4 is 0 Å². The molecule has 22 heavy (non-hydrogen) atoms. The lowest BCUT2D eigenvalue weighted by molar-refractivity contribution is 0.419. The van der Waals surface area contributed by atoms with Crippen molar-refractivity contribution in [3.05, 3.63) is 53.7 Å². The highest BCUT2D eigenvalue weighted by Gasteiger charge is 2.45. The molecule has 0 saturated heterocycles. The van der Waals surface area contributed by atoms with Crippen LogP contribution in [0.2, 0.25) is 0 Å². The molecule has 114 valence electrons. The van der Waals surface area contributed by atoms with Gasteiger partial charge in [0.05, 0.1) is 5.69 Å². The Kier molecular flexibility index (Phi) is 3.32. The average Bonchev–Trinajstić information content (AvgIpc) is 3.17. The van der Waals surface area contributed by atoms with Crippen LogP contribution in [0.5, 0.6) is 0 Å². The fourth-order valence-corrected chi connectivity index (χ4v) is 4.55. The van der Waals surface area contributed by atoms with E-state index in [4.69, 9.17) is 0 Å². The van der Waals surface area contributed by atoms with E-state index in [2.05, 4.69) is 55.2 Å². The molecule has 0 atom stereocenters. The van der Waals surface area contributed by atoms with Gasteiger partial charge in [-0.05, 0) is 72.6 Å². The predicted octanol–water partition coefficient (Wildman–Crippen LogP) is 5.70. The van der Waals surface area contributed by atoms with Gasteiger partial charge in [0.1, 0.15) is 0 Å². The van der Waals surface area contributed by atoms with Crippen molar-refractivity contribution in [2.75, 3.05) is 0 Å². The van der Waals surface area contributed by atoms with Crippen molar-refractivity contribution < 1.29 is 0 Å². The third kappa shape index (κ3) is 2.27. The van der Waals surface area contributed by atoms with E-state index in [1.165, 1.54) is 48.8 Å². The molecule has 0 N–H and O–H groups in total. The molecule has 0 radical (unpaired) electrons. The first-order valence-corrected chi connectivity index (χ1v) is 8.73. The SMILES string of the molecule is CC(C)c1ccc(-c2cc(C34CCC(CC3)C4)ccn2)cc1. The van der Waals surface area contributed by atoms with Gasteiger partial charge in [-0.3, -0.25) is 4.98 Å². The van der Waals surface area contributed by atoms with E-state index in [0.29, 0.717) is 11.3 Å². The average molecular weight is 291 g/mol. The molecule has 1 aromatic heterocycles. The minimum absolute atomic E-state index is 0.472. The molecule has 4 rings (SSSR count). The summed E-state index contributed by atoms with van der Waals surface area (Å²) in [5.41, 5.74) is 5.78. The van der Waals surface area contributed by atoms with Gasteiger partial charge in [-0.25, -0.2) is 0 Å². The quantitative estimate of drug-likeness (QED) is 0.706. The summed E-state index contributed by atoms with van der Waals surface area (Å²) in [5, 5.41) is 0. The van der Waals surface area contributed by atoms with E-state index < -0.39 is 0 Å². The molecule has 1 nitrogen and oxygen atoms in total. The lowest BCUT2D eigenvalue weighted by Gasteiger charge is -2.27. The molecule has 1 heteroatoms. The molecule has 1 aromatic carbocycles. The summed E-state index contributed by atoms with van der Waals surface area (Å²) in [5.74, 6) is 1.57.